The molecule has 0 saturated heterocycles. The molecule has 0 aliphatic rings. The van der Waals surface area contributed by atoms with E-state index in [4.69, 9.17) is 11.6 Å². The summed E-state index contributed by atoms with van der Waals surface area (Å²) in [5, 5.41) is 2.89. The van der Waals surface area contributed by atoms with Gasteiger partial charge in [-0.05, 0) is 48.9 Å². The van der Waals surface area contributed by atoms with Gasteiger partial charge in [-0.3, -0.25) is 9.52 Å². The SMILES string of the molecule is COC(=O)c1ccc(Cl)c(NC(=O)c2ccc(NS(C)(=O)=O)c(C)c2)c1. The number of aryl methyl sites for hydroxylation is 1. The molecule has 2 aromatic carbocycles. The molecule has 0 aliphatic carbocycles. The first-order valence-electron chi connectivity index (χ1n) is 7.38. The minimum absolute atomic E-state index is 0.246. The fraction of sp³-hybridized carbons (Fsp3) is 0.176. The number of benzene rings is 2. The molecule has 9 heteroatoms. The van der Waals surface area contributed by atoms with Crippen LogP contribution in [0.3, 0.4) is 0 Å². The first-order chi connectivity index (χ1) is 12.1. The van der Waals surface area contributed by atoms with Crippen molar-refractivity contribution < 1.29 is 22.7 Å². The van der Waals surface area contributed by atoms with Gasteiger partial charge in [0, 0.05) is 5.56 Å². The number of halogens is 1. The molecule has 0 aromatic heterocycles. The fourth-order valence-electron chi connectivity index (χ4n) is 2.18. The lowest BCUT2D eigenvalue weighted by Crippen LogP contribution is -2.14. The van der Waals surface area contributed by atoms with Crippen molar-refractivity contribution in [3.63, 3.8) is 0 Å². The smallest absolute Gasteiger partial charge is 0.337 e. The Kier molecular flexibility index (Phi) is 5.89. The molecule has 0 spiro atoms. The third kappa shape index (κ3) is 4.96. The Bertz CT molecular complexity index is 973. The Hall–Kier alpha value is -2.58. The van der Waals surface area contributed by atoms with Crippen LogP contribution in [0.5, 0.6) is 0 Å². The van der Waals surface area contributed by atoms with Gasteiger partial charge in [-0.25, -0.2) is 13.2 Å². The zero-order valence-corrected chi connectivity index (χ0v) is 15.9. The fourth-order valence-corrected chi connectivity index (χ4v) is 2.97. The number of rotatable bonds is 5. The maximum Gasteiger partial charge on any atom is 0.337 e. The maximum atomic E-state index is 12.4. The van der Waals surface area contributed by atoms with Gasteiger partial charge in [0.05, 0.1) is 35.3 Å². The summed E-state index contributed by atoms with van der Waals surface area (Å²) in [6, 6.07) is 8.90. The van der Waals surface area contributed by atoms with Gasteiger partial charge >= 0.3 is 5.97 Å². The second kappa shape index (κ2) is 7.76. The van der Waals surface area contributed by atoms with Crippen LogP contribution in [0.15, 0.2) is 36.4 Å². The minimum atomic E-state index is -3.41. The van der Waals surface area contributed by atoms with E-state index in [1.54, 1.807) is 13.0 Å². The standard InChI is InChI=1S/C17H17ClN2O5S/c1-10-8-11(5-7-14(10)20-26(3,23)24)16(21)19-15-9-12(17(22)25-2)4-6-13(15)18/h4-9,20H,1-3H3,(H,19,21). The summed E-state index contributed by atoms with van der Waals surface area (Å²) in [5.74, 6) is -1.01. The average molecular weight is 397 g/mol. The topological polar surface area (TPSA) is 102 Å². The lowest BCUT2D eigenvalue weighted by molar-refractivity contribution is 0.0600. The van der Waals surface area contributed by atoms with Crippen LogP contribution < -0.4 is 10.0 Å². The molecule has 0 fully saturated rings. The van der Waals surface area contributed by atoms with E-state index in [1.807, 2.05) is 0 Å². The molecular weight excluding hydrogens is 380 g/mol. The zero-order valence-electron chi connectivity index (χ0n) is 14.3. The number of nitrogens with one attached hydrogen (secondary N) is 2. The number of hydrogen-bond acceptors (Lipinski definition) is 5. The van der Waals surface area contributed by atoms with Gasteiger partial charge in [0.25, 0.3) is 5.91 Å². The van der Waals surface area contributed by atoms with Gasteiger partial charge in [0.2, 0.25) is 10.0 Å². The van der Waals surface area contributed by atoms with Crippen LogP contribution in [0.2, 0.25) is 5.02 Å². The Morgan fingerprint density at radius 1 is 1.04 bits per heavy atom. The predicted molar refractivity (Wildman–Crippen MR) is 100 cm³/mol. The number of methoxy groups -OCH3 is 1. The molecule has 1 amide bonds. The Labute approximate surface area is 156 Å². The van der Waals surface area contributed by atoms with Crippen molar-refractivity contribution in [1.29, 1.82) is 0 Å². The predicted octanol–water partition coefficient (Wildman–Crippen LogP) is 3.06. The minimum Gasteiger partial charge on any atom is -0.465 e. The second-order valence-corrected chi connectivity index (χ2v) is 7.70. The van der Waals surface area contributed by atoms with E-state index in [-0.39, 0.29) is 16.3 Å². The van der Waals surface area contributed by atoms with Crippen molar-refractivity contribution in [1.82, 2.24) is 0 Å². The monoisotopic (exact) mass is 396 g/mol. The molecule has 0 heterocycles. The van der Waals surface area contributed by atoms with E-state index in [0.717, 1.165) is 6.26 Å². The number of esters is 1. The molecule has 7 nitrogen and oxygen atoms in total. The molecule has 0 saturated carbocycles. The van der Waals surface area contributed by atoms with Crippen LogP contribution in [-0.2, 0) is 14.8 Å². The van der Waals surface area contributed by atoms with Crippen LogP contribution >= 0.6 is 11.6 Å². The van der Waals surface area contributed by atoms with Crippen molar-refractivity contribution in [2.24, 2.45) is 0 Å². The summed E-state index contributed by atoms with van der Waals surface area (Å²) in [5.41, 5.74) is 1.78. The summed E-state index contributed by atoms with van der Waals surface area (Å²) in [6.07, 6.45) is 1.04. The first-order valence-corrected chi connectivity index (χ1v) is 9.65. The van der Waals surface area contributed by atoms with E-state index < -0.39 is 21.9 Å². The molecule has 0 aliphatic heterocycles. The van der Waals surface area contributed by atoms with E-state index in [2.05, 4.69) is 14.8 Å². The number of ether oxygens (including phenoxy) is 1. The molecule has 0 atom stereocenters. The van der Waals surface area contributed by atoms with Crippen LogP contribution in [0.25, 0.3) is 0 Å². The number of carbonyl (C=O) groups excluding carboxylic acids is 2. The third-order valence-corrected chi connectivity index (χ3v) is 4.34. The van der Waals surface area contributed by atoms with Crippen LogP contribution in [0.4, 0.5) is 11.4 Å². The highest BCUT2D eigenvalue weighted by molar-refractivity contribution is 7.92. The third-order valence-electron chi connectivity index (χ3n) is 3.42. The van der Waals surface area contributed by atoms with E-state index in [9.17, 15) is 18.0 Å². The zero-order chi connectivity index (χ0) is 19.5. The Balaban J connectivity index is 2.25. The van der Waals surface area contributed by atoms with E-state index in [1.165, 1.54) is 37.4 Å². The summed E-state index contributed by atoms with van der Waals surface area (Å²) in [7, 11) is -2.16. The largest absolute Gasteiger partial charge is 0.465 e. The Morgan fingerprint density at radius 2 is 1.69 bits per heavy atom. The number of amides is 1. The number of hydrogen-bond donors (Lipinski definition) is 2. The lowest BCUT2D eigenvalue weighted by atomic mass is 10.1. The summed E-state index contributed by atoms with van der Waals surface area (Å²) in [4.78, 5) is 24.0. The lowest BCUT2D eigenvalue weighted by Gasteiger charge is -2.11. The molecule has 2 rings (SSSR count). The highest BCUT2D eigenvalue weighted by Gasteiger charge is 2.14. The van der Waals surface area contributed by atoms with Crippen molar-refractivity contribution >= 4 is 44.9 Å². The number of carbonyl (C=O) groups is 2. The van der Waals surface area contributed by atoms with Gasteiger partial charge in [-0.15, -0.1) is 0 Å². The number of anilines is 2. The highest BCUT2D eigenvalue weighted by atomic mass is 35.5. The first kappa shape index (κ1) is 19.7. The molecule has 2 aromatic rings. The van der Waals surface area contributed by atoms with Gasteiger partial charge in [-0.2, -0.15) is 0 Å². The highest BCUT2D eigenvalue weighted by Crippen LogP contribution is 2.25. The van der Waals surface area contributed by atoms with Gasteiger partial charge in [-0.1, -0.05) is 11.6 Å². The molecule has 0 radical (unpaired) electrons. The van der Waals surface area contributed by atoms with Gasteiger partial charge < -0.3 is 10.1 Å². The van der Waals surface area contributed by atoms with Gasteiger partial charge in [0.1, 0.15) is 0 Å². The van der Waals surface area contributed by atoms with Crippen LogP contribution in [-0.4, -0.2) is 33.7 Å². The molecule has 0 unspecified atom stereocenters. The molecule has 0 bridgehead atoms. The average Bonchev–Trinajstić information content (AvgIpc) is 2.56. The maximum absolute atomic E-state index is 12.4. The van der Waals surface area contributed by atoms with Crippen molar-refractivity contribution in [2.45, 2.75) is 6.92 Å². The number of sulfonamides is 1. The second-order valence-electron chi connectivity index (χ2n) is 5.54. The van der Waals surface area contributed by atoms with Crippen molar-refractivity contribution in [3.8, 4) is 0 Å². The van der Waals surface area contributed by atoms with Crippen LogP contribution in [0, 0.1) is 6.92 Å². The summed E-state index contributed by atoms with van der Waals surface area (Å²) >= 11 is 6.06. The molecule has 2 N–H and O–H groups in total. The summed E-state index contributed by atoms with van der Waals surface area (Å²) < 4.78 is 29.6. The van der Waals surface area contributed by atoms with Crippen LogP contribution in [0.1, 0.15) is 26.3 Å². The van der Waals surface area contributed by atoms with Crippen molar-refractivity contribution in [3.05, 3.63) is 58.1 Å². The summed E-state index contributed by atoms with van der Waals surface area (Å²) in [6.45, 7) is 1.68. The van der Waals surface area contributed by atoms with E-state index >= 15 is 0 Å². The van der Waals surface area contributed by atoms with Gasteiger partial charge in [0.15, 0.2) is 0 Å². The molecular formula is C17H17ClN2O5S. The van der Waals surface area contributed by atoms with E-state index in [0.29, 0.717) is 16.8 Å². The molecule has 138 valence electrons. The molecule has 26 heavy (non-hydrogen) atoms. The normalized spacial score (nSPS) is 10.9. The Morgan fingerprint density at radius 3 is 2.27 bits per heavy atom. The van der Waals surface area contributed by atoms with Crippen molar-refractivity contribution in [2.75, 3.05) is 23.4 Å². The quantitative estimate of drug-likeness (QED) is 0.756.